The molecule has 0 atom stereocenters. The number of hydrogen-bond acceptors (Lipinski definition) is 6. The fourth-order valence-corrected chi connectivity index (χ4v) is 1.17. The largest absolute Gasteiger partial charge is 0.462 e. The van der Waals surface area contributed by atoms with Crippen molar-refractivity contribution < 1.29 is 19.1 Å². The number of nitrogens with one attached hydrogen (secondary N) is 2. The lowest BCUT2D eigenvalue weighted by atomic mass is 10.2. The van der Waals surface area contributed by atoms with Crippen LogP contribution in [0.25, 0.3) is 0 Å². The Morgan fingerprint density at radius 3 is 2.38 bits per heavy atom. The van der Waals surface area contributed by atoms with Crippen molar-refractivity contribution >= 4 is 11.9 Å². The number of ether oxygens (including phenoxy) is 2. The van der Waals surface area contributed by atoms with Gasteiger partial charge in [0, 0.05) is 18.3 Å². The molecule has 8 heteroatoms. The van der Waals surface area contributed by atoms with Crippen molar-refractivity contribution in [1.29, 1.82) is 0 Å². The van der Waals surface area contributed by atoms with Crippen LogP contribution in [-0.4, -0.2) is 28.5 Å². The van der Waals surface area contributed by atoms with Crippen LogP contribution in [0.3, 0.4) is 0 Å². The summed E-state index contributed by atoms with van der Waals surface area (Å²) in [5.41, 5.74) is -1.21. The van der Waals surface area contributed by atoms with E-state index < -0.39 is 23.2 Å². The first kappa shape index (κ1) is 16.4. The highest BCUT2D eigenvalue weighted by Gasteiger charge is 2.05. The second-order valence-electron chi connectivity index (χ2n) is 4.56. The van der Waals surface area contributed by atoms with Crippen LogP contribution in [0.5, 0.6) is 0 Å². The zero-order valence-corrected chi connectivity index (χ0v) is 11.7. The first-order chi connectivity index (χ1) is 9.88. The van der Waals surface area contributed by atoms with Crippen LogP contribution in [0.1, 0.15) is 19.4 Å². The smallest absolute Gasteiger partial charge is 0.331 e. The summed E-state index contributed by atoms with van der Waals surface area (Å²) < 4.78 is 9.57. The van der Waals surface area contributed by atoms with E-state index in [1.165, 1.54) is 0 Å². The molecule has 8 nitrogen and oxygen atoms in total. The SMILES string of the molecule is CC(C)COC(=O)/C=C/C(=O)OCc1c[nH]c(=O)[nH]c1=O. The van der Waals surface area contributed by atoms with E-state index in [0.717, 1.165) is 18.3 Å². The average Bonchev–Trinajstić information content (AvgIpc) is 2.41. The minimum atomic E-state index is -0.804. The molecule has 0 amide bonds. The number of aromatic nitrogens is 2. The molecule has 0 aliphatic carbocycles. The summed E-state index contributed by atoms with van der Waals surface area (Å²) in [4.78, 5) is 48.9. The fourth-order valence-electron chi connectivity index (χ4n) is 1.17. The minimum absolute atomic E-state index is 0.0822. The van der Waals surface area contributed by atoms with Crippen LogP contribution in [0.4, 0.5) is 0 Å². The third-order valence-corrected chi connectivity index (χ3v) is 2.18. The van der Waals surface area contributed by atoms with Gasteiger partial charge in [-0.1, -0.05) is 13.8 Å². The number of esters is 2. The predicted molar refractivity (Wildman–Crippen MR) is 72.4 cm³/mol. The van der Waals surface area contributed by atoms with E-state index in [-0.39, 0.29) is 24.7 Å². The Bertz CT molecular complexity index is 641. The van der Waals surface area contributed by atoms with Gasteiger partial charge in [0.1, 0.15) is 6.61 Å². The summed E-state index contributed by atoms with van der Waals surface area (Å²) in [6.45, 7) is 3.70. The van der Waals surface area contributed by atoms with Gasteiger partial charge in [-0.3, -0.25) is 9.78 Å². The highest BCUT2D eigenvalue weighted by Crippen LogP contribution is 1.95. The Morgan fingerprint density at radius 1 is 1.19 bits per heavy atom. The van der Waals surface area contributed by atoms with Gasteiger partial charge in [-0.2, -0.15) is 0 Å². The molecule has 2 N–H and O–H groups in total. The average molecular weight is 296 g/mol. The van der Waals surface area contributed by atoms with E-state index in [4.69, 9.17) is 9.47 Å². The first-order valence-electron chi connectivity index (χ1n) is 6.21. The Hall–Kier alpha value is -2.64. The van der Waals surface area contributed by atoms with Crippen molar-refractivity contribution in [2.24, 2.45) is 5.92 Å². The minimum Gasteiger partial charge on any atom is -0.462 e. The quantitative estimate of drug-likeness (QED) is 0.557. The Kier molecular flexibility index (Phi) is 6.12. The van der Waals surface area contributed by atoms with E-state index in [2.05, 4.69) is 4.98 Å². The van der Waals surface area contributed by atoms with Gasteiger partial charge in [-0.15, -0.1) is 0 Å². The van der Waals surface area contributed by atoms with E-state index in [1.807, 2.05) is 18.8 Å². The van der Waals surface area contributed by atoms with Crippen LogP contribution in [0.15, 0.2) is 27.9 Å². The van der Waals surface area contributed by atoms with Gasteiger partial charge in [-0.25, -0.2) is 14.4 Å². The van der Waals surface area contributed by atoms with Crippen molar-refractivity contribution in [3.05, 3.63) is 44.8 Å². The second kappa shape index (κ2) is 7.83. The highest BCUT2D eigenvalue weighted by atomic mass is 16.5. The third-order valence-electron chi connectivity index (χ3n) is 2.18. The van der Waals surface area contributed by atoms with Crippen molar-refractivity contribution in [1.82, 2.24) is 9.97 Å². The highest BCUT2D eigenvalue weighted by molar-refractivity contribution is 5.91. The zero-order chi connectivity index (χ0) is 15.8. The number of carbonyl (C=O) groups is 2. The maximum absolute atomic E-state index is 11.3. The summed E-state index contributed by atoms with van der Waals surface area (Å²) in [5, 5.41) is 0. The van der Waals surface area contributed by atoms with Crippen LogP contribution in [-0.2, 0) is 25.7 Å². The van der Waals surface area contributed by atoms with Gasteiger partial charge in [0.25, 0.3) is 5.56 Å². The normalized spacial score (nSPS) is 10.8. The van der Waals surface area contributed by atoms with Crippen molar-refractivity contribution in [3.8, 4) is 0 Å². The van der Waals surface area contributed by atoms with E-state index in [9.17, 15) is 19.2 Å². The van der Waals surface area contributed by atoms with Gasteiger partial charge >= 0.3 is 17.6 Å². The van der Waals surface area contributed by atoms with E-state index in [1.54, 1.807) is 0 Å². The summed E-state index contributed by atoms with van der Waals surface area (Å²) in [7, 11) is 0. The lowest BCUT2D eigenvalue weighted by molar-refractivity contribution is -0.141. The van der Waals surface area contributed by atoms with Crippen molar-refractivity contribution in [2.75, 3.05) is 6.61 Å². The molecule has 0 fully saturated rings. The van der Waals surface area contributed by atoms with Gasteiger partial charge in [0.15, 0.2) is 0 Å². The number of hydrogen-bond donors (Lipinski definition) is 2. The van der Waals surface area contributed by atoms with Crippen LogP contribution in [0.2, 0.25) is 0 Å². The Morgan fingerprint density at radius 2 is 1.81 bits per heavy atom. The van der Waals surface area contributed by atoms with Crippen LogP contribution < -0.4 is 11.2 Å². The number of carbonyl (C=O) groups excluding carboxylic acids is 2. The maximum Gasteiger partial charge on any atom is 0.331 e. The van der Waals surface area contributed by atoms with Crippen molar-refractivity contribution in [2.45, 2.75) is 20.5 Å². The summed E-state index contributed by atoms with van der Waals surface area (Å²) in [6.07, 6.45) is 3.00. The predicted octanol–water partition coefficient (Wildman–Crippen LogP) is -0.138. The van der Waals surface area contributed by atoms with Gasteiger partial charge in [-0.05, 0) is 5.92 Å². The second-order valence-corrected chi connectivity index (χ2v) is 4.56. The van der Waals surface area contributed by atoms with Gasteiger partial charge < -0.3 is 14.5 Å². The van der Waals surface area contributed by atoms with Crippen LogP contribution in [0, 0.1) is 5.92 Å². The third kappa shape index (κ3) is 6.37. The topological polar surface area (TPSA) is 118 Å². The molecule has 0 saturated carbocycles. The zero-order valence-electron chi connectivity index (χ0n) is 11.7. The molecule has 0 aliphatic rings. The fraction of sp³-hybridized carbons (Fsp3) is 0.385. The summed E-state index contributed by atoms with van der Waals surface area (Å²) in [6, 6.07) is 0. The molecule has 0 aliphatic heterocycles. The molecule has 1 rings (SSSR count). The molecule has 21 heavy (non-hydrogen) atoms. The van der Waals surface area contributed by atoms with Crippen molar-refractivity contribution in [3.63, 3.8) is 0 Å². The number of aromatic amines is 2. The molecule has 0 saturated heterocycles. The summed E-state index contributed by atoms with van der Waals surface area (Å²) >= 11 is 0. The molecule has 0 radical (unpaired) electrons. The van der Waals surface area contributed by atoms with E-state index in [0.29, 0.717) is 0 Å². The van der Waals surface area contributed by atoms with Gasteiger partial charge in [0.2, 0.25) is 0 Å². The lowest BCUT2D eigenvalue weighted by Gasteiger charge is -2.04. The summed E-state index contributed by atoms with van der Waals surface area (Å²) in [5.74, 6) is -1.26. The first-order valence-corrected chi connectivity index (χ1v) is 6.21. The van der Waals surface area contributed by atoms with Gasteiger partial charge in [0.05, 0.1) is 12.2 Å². The molecule has 0 unspecified atom stereocenters. The number of H-pyrrole nitrogens is 2. The maximum atomic E-state index is 11.3. The number of rotatable bonds is 6. The monoisotopic (exact) mass is 296 g/mol. The van der Waals surface area contributed by atoms with E-state index >= 15 is 0 Å². The lowest BCUT2D eigenvalue weighted by Crippen LogP contribution is -2.25. The molecule has 0 aromatic carbocycles. The molecular formula is C13H16N2O6. The molecular weight excluding hydrogens is 280 g/mol. The molecule has 114 valence electrons. The molecule has 0 spiro atoms. The molecule has 1 aromatic heterocycles. The molecule has 0 bridgehead atoms. The Balaban J connectivity index is 2.45. The molecule has 1 heterocycles. The standard InChI is InChI=1S/C13H16N2O6/c1-8(2)6-20-10(16)3-4-11(17)21-7-9-5-14-13(19)15-12(9)18/h3-5,8H,6-7H2,1-2H3,(H2,14,15,18,19)/b4-3+. The molecule has 1 aromatic rings. The Labute approximate surface area is 119 Å². The van der Waals surface area contributed by atoms with Crippen LogP contribution >= 0.6 is 0 Å².